The maximum absolute atomic E-state index is 11.7. The molecule has 0 fully saturated rings. The minimum Gasteiger partial charge on any atom is -0.496 e. The molecule has 100 valence electrons. The smallest absolute Gasteiger partial charge is 0.239 e. The van der Waals surface area contributed by atoms with Gasteiger partial charge in [-0.25, -0.2) is 0 Å². The number of likely N-dealkylation sites (N-methyl/N-ethyl adjacent to an activating group) is 1. The van der Waals surface area contributed by atoms with Crippen LogP contribution in [-0.4, -0.2) is 38.1 Å². The fourth-order valence-electron chi connectivity index (χ4n) is 1.95. The van der Waals surface area contributed by atoms with E-state index in [4.69, 9.17) is 10.5 Å². The molecule has 0 saturated heterocycles. The standard InChI is InChI=1S/C14H22N2O2/c1-9-7-13(18-5)10(2)6-11(9)8-12(15)14(17)16(3)4/h6-7,12H,8,15H2,1-5H3. The van der Waals surface area contributed by atoms with Crippen molar-refractivity contribution in [3.05, 3.63) is 28.8 Å². The average molecular weight is 250 g/mol. The summed E-state index contributed by atoms with van der Waals surface area (Å²) in [5, 5.41) is 0. The molecule has 0 aliphatic carbocycles. The van der Waals surface area contributed by atoms with Crippen LogP contribution in [0.25, 0.3) is 0 Å². The van der Waals surface area contributed by atoms with Crippen LogP contribution >= 0.6 is 0 Å². The molecule has 0 aromatic heterocycles. The third-order valence-electron chi connectivity index (χ3n) is 3.05. The second kappa shape index (κ2) is 5.87. The lowest BCUT2D eigenvalue weighted by Crippen LogP contribution is -2.41. The third kappa shape index (κ3) is 3.23. The first kappa shape index (κ1) is 14.5. The monoisotopic (exact) mass is 250 g/mol. The Hall–Kier alpha value is -1.55. The molecule has 18 heavy (non-hydrogen) atoms. The summed E-state index contributed by atoms with van der Waals surface area (Å²) in [6.07, 6.45) is 0.549. The summed E-state index contributed by atoms with van der Waals surface area (Å²) >= 11 is 0. The Morgan fingerprint density at radius 2 is 1.94 bits per heavy atom. The number of hydrogen-bond donors (Lipinski definition) is 1. The van der Waals surface area contributed by atoms with Gasteiger partial charge in [0.2, 0.25) is 5.91 Å². The van der Waals surface area contributed by atoms with E-state index in [0.717, 1.165) is 22.4 Å². The van der Waals surface area contributed by atoms with Gasteiger partial charge in [0.25, 0.3) is 0 Å². The highest BCUT2D eigenvalue weighted by atomic mass is 16.5. The van der Waals surface area contributed by atoms with Crippen LogP contribution in [0.4, 0.5) is 0 Å². The number of amides is 1. The summed E-state index contributed by atoms with van der Waals surface area (Å²) in [6.45, 7) is 3.99. The van der Waals surface area contributed by atoms with Crippen molar-refractivity contribution in [3.63, 3.8) is 0 Å². The number of aryl methyl sites for hydroxylation is 2. The van der Waals surface area contributed by atoms with Crippen molar-refractivity contribution in [1.29, 1.82) is 0 Å². The van der Waals surface area contributed by atoms with E-state index in [2.05, 4.69) is 0 Å². The highest BCUT2D eigenvalue weighted by molar-refractivity contribution is 5.81. The Balaban J connectivity index is 2.92. The second-order valence-electron chi connectivity index (χ2n) is 4.79. The van der Waals surface area contributed by atoms with Gasteiger partial charge in [-0.2, -0.15) is 0 Å². The zero-order valence-corrected chi connectivity index (χ0v) is 11.8. The molecule has 2 N–H and O–H groups in total. The van der Waals surface area contributed by atoms with Crippen LogP contribution in [0, 0.1) is 13.8 Å². The predicted octanol–water partition coefficient (Wildman–Crippen LogP) is 1.27. The topological polar surface area (TPSA) is 55.6 Å². The van der Waals surface area contributed by atoms with Gasteiger partial charge in [0.1, 0.15) is 5.75 Å². The lowest BCUT2D eigenvalue weighted by molar-refractivity contribution is -0.130. The van der Waals surface area contributed by atoms with Crippen molar-refractivity contribution in [3.8, 4) is 5.75 Å². The van der Waals surface area contributed by atoms with Crippen molar-refractivity contribution < 1.29 is 9.53 Å². The van der Waals surface area contributed by atoms with Crippen LogP contribution in [0.1, 0.15) is 16.7 Å². The second-order valence-corrected chi connectivity index (χ2v) is 4.79. The zero-order valence-electron chi connectivity index (χ0n) is 11.8. The summed E-state index contributed by atoms with van der Waals surface area (Å²) in [7, 11) is 5.09. The van der Waals surface area contributed by atoms with Crippen LogP contribution in [-0.2, 0) is 11.2 Å². The summed E-state index contributed by atoms with van der Waals surface area (Å²) in [5.74, 6) is 0.812. The minimum absolute atomic E-state index is 0.0529. The van der Waals surface area contributed by atoms with Crippen LogP contribution in [0.5, 0.6) is 5.75 Å². The molecule has 1 unspecified atom stereocenters. The summed E-state index contributed by atoms with van der Waals surface area (Å²) in [6, 6.07) is 3.53. The number of nitrogens with two attached hydrogens (primary N) is 1. The van der Waals surface area contributed by atoms with Crippen molar-refractivity contribution in [2.75, 3.05) is 21.2 Å². The zero-order chi connectivity index (χ0) is 13.9. The Bertz CT molecular complexity index is 442. The number of carbonyl (C=O) groups excluding carboxylic acids is 1. The van der Waals surface area contributed by atoms with Gasteiger partial charge in [0.15, 0.2) is 0 Å². The average Bonchev–Trinajstić information content (AvgIpc) is 2.32. The minimum atomic E-state index is -0.494. The van der Waals surface area contributed by atoms with Crippen LogP contribution in [0.15, 0.2) is 12.1 Å². The molecule has 1 rings (SSSR count). The number of rotatable bonds is 4. The van der Waals surface area contributed by atoms with Crippen LogP contribution in [0.2, 0.25) is 0 Å². The number of hydrogen-bond acceptors (Lipinski definition) is 3. The maximum atomic E-state index is 11.7. The highest BCUT2D eigenvalue weighted by Gasteiger charge is 2.17. The lowest BCUT2D eigenvalue weighted by atomic mass is 9.98. The third-order valence-corrected chi connectivity index (χ3v) is 3.05. The van der Waals surface area contributed by atoms with Crippen LogP contribution < -0.4 is 10.5 Å². The van der Waals surface area contributed by atoms with E-state index in [1.54, 1.807) is 21.2 Å². The van der Waals surface area contributed by atoms with Crippen LogP contribution in [0.3, 0.4) is 0 Å². The first-order valence-corrected chi connectivity index (χ1v) is 5.97. The van der Waals surface area contributed by atoms with Crippen molar-refractivity contribution >= 4 is 5.91 Å². The number of methoxy groups -OCH3 is 1. The van der Waals surface area contributed by atoms with Gasteiger partial charge in [-0.3, -0.25) is 4.79 Å². The fourth-order valence-corrected chi connectivity index (χ4v) is 1.95. The Morgan fingerprint density at radius 1 is 1.33 bits per heavy atom. The molecule has 0 saturated carbocycles. The van der Waals surface area contributed by atoms with E-state index in [1.165, 1.54) is 4.90 Å². The maximum Gasteiger partial charge on any atom is 0.239 e. The van der Waals surface area contributed by atoms with E-state index in [1.807, 2.05) is 26.0 Å². The van der Waals surface area contributed by atoms with E-state index < -0.39 is 6.04 Å². The molecule has 4 heteroatoms. The van der Waals surface area contributed by atoms with Gasteiger partial charge in [-0.1, -0.05) is 6.07 Å². The number of nitrogens with zero attached hydrogens (tertiary/aromatic N) is 1. The normalized spacial score (nSPS) is 12.1. The van der Waals surface area contributed by atoms with E-state index >= 15 is 0 Å². The Labute approximate surface area is 109 Å². The predicted molar refractivity (Wildman–Crippen MR) is 72.8 cm³/mol. The number of benzene rings is 1. The van der Waals surface area contributed by atoms with Crippen molar-refractivity contribution in [2.45, 2.75) is 26.3 Å². The van der Waals surface area contributed by atoms with Gasteiger partial charge in [-0.05, 0) is 43.0 Å². The number of ether oxygens (including phenoxy) is 1. The molecule has 1 aromatic rings. The summed E-state index contributed by atoms with van der Waals surface area (Å²) < 4.78 is 5.27. The molecular formula is C14H22N2O2. The van der Waals surface area contributed by atoms with E-state index in [0.29, 0.717) is 6.42 Å². The van der Waals surface area contributed by atoms with Gasteiger partial charge >= 0.3 is 0 Å². The lowest BCUT2D eigenvalue weighted by Gasteiger charge is -2.18. The highest BCUT2D eigenvalue weighted by Crippen LogP contribution is 2.23. The molecule has 1 atom stereocenters. The van der Waals surface area contributed by atoms with Crippen molar-refractivity contribution in [1.82, 2.24) is 4.90 Å². The Morgan fingerprint density at radius 3 is 2.44 bits per heavy atom. The van der Waals surface area contributed by atoms with E-state index in [-0.39, 0.29) is 5.91 Å². The fraction of sp³-hybridized carbons (Fsp3) is 0.500. The first-order chi connectivity index (χ1) is 8.36. The molecule has 1 amide bonds. The molecule has 1 aromatic carbocycles. The SMILES string of the molecule is COc1cc(C)c(CC(N)C(=O)N(C)C)cc1C. The van der Waals surface area contributed by atoms with Gasteiger partial charge in [-0.15, -0.1) is 0 Å². The molecule has 0 aliphatic heterocycles. The van der Waals surface area contributed by atoms with Gasteiger partial charge in [0.05, 0.1) is 13.2 Å². The molecule has 4 nitrogen and oxygen atoms in total. The Kier molecular flexibility index (Phi) is 4.73. The molecule has 0 radical (unpaired) electrons. The first-order valence-electron chi connectivity index (χ1n) is 5.97. The molecule has 0 bridgehead atoms. The molecular weight excluding hydrogens is 228 g/mol. The molecule has 0 heterocycles. The largest absolute Gasteiger partial charge is 0.496 e. The number of carbonyl (C=O) groups is 1. The van der Waals surface area contributed by atoms with E-state index in [9.17, 15) is 4.79 Å². The van der Waals surface area contributed by atoms with Crippen molar-refractivity contribution in [2.24, 2.45) is 5.73 Å². The summed E-state index contributed by atoms with van der Waals surface area (Å²) in [5.41, 5.74) is 9.17. The quantitative estimate of drug-likeness (QED) is 0.875. The summed E-state index contributed by atoms with van der Waals surface area (Å²) in [4.78, 5) is 13.3. The van der Waals surface area contributed by atoms with Gasteiger partial charge < -0.3 is 15.4 Å². The van der Waals surface area contributed by atoms with Gasteiger partial charge in [0, 0.05) is 14.1 Å². The molecule has 0 spiro atoms. The molecule has 0 aliphatic rings.